The highest BCUT2D eigenvalue weighted by Gasteiger charge is 2.13. The Bertz CT molecular complexity index is 922. The summed E-state index contributed by atoms with van der Waals surface area (Å²) in [6, 6.07) is 7.46. The van der Waals surface area contributed by atoms with Gasteiger partial charge in [0.2, 0.25) is 0 Å². The first-order chi connectivity index (χ1) is 12.6. The van der Waals surface area contributed by atoms with Gasteiger partial charge in [0, 0.05) is 0 Å². The second-order valence-electron chi connectivity index (χ2n) is 5.83. The summed E-state index contributed by atoms with van der Waals surface area (Å²) in [6.45, 7) is 3.10. The molecule has 0 radical (unpaired) electrons. The molecular formula is C18H21N5O3. The molecule has 0 saturated carbocycles. The molecule has 8 nitrogen and oxygen atoms in total. The van der Waals surface area contributed by atoms with Gasteiger partial charge in [0.25, 0.3) is 0 Å². The largest absolute Gasteiger partial charge is 0.465 e. The number of fused-ring (bicyclic) bond motifs is 1. The third-order valence-corrected chi connectivity index (χ3v) is 3.90. The first-order valence-corrected chi connectivity index (χ1v) is 8.40. The molecule has 0 bridgehead atoms. The van der Waals surface area contributed by atoms with E-state index >= 15 is 0 Å². The number of imidazole rings is 1. The summed E-state index contributed by atoms with van der Waals surface area (Å²) >= 11 is 0. The van der Waals surface area contributed by atoms with Crippen molar-refractivity contribution in [3.8, 4) is 6.01 Å². The standard InChI is InChI=1S/C18H21N5O3/c1-3-4-8-26-18-21-15(19)14-16(22-18)23(11-20-14)10-12-6-5-7-13(9-12)17(24)25-2/h5-7,9,11H,3-4,8,10H2,1-2H3,(H2,19,21,22). The zero-order valence-corrected chi connectivity index (χ0v) is 14.8. The fraction of sp³-hybridized carbons (Fsp3) is 0.333. The van der Waals surface area contributed by atoms with Crippen molar-refractivity contribution in [2.24, 2.45) is 0 Å². The minimum atomic E-state index is -0.375. The second-order valence-corrected chi connectivity index (χ2v) is 5.83. The normalized spacial score (nSPS) is 10.8. The summed E-state index contributed by atoms with van der Waals surface area (Å²) in [4.78, 5) is 24.6. The van der Waals surface area contributed by atoms with Gasteiger partial charge in [-0.3, -0.25) is 0 Å². The van der Waals surface area contributed by atoms with Crippen molar-refractivity contribution in [1.82, 2.24) is 19.5 Å². The topological polar surface area (TPSA) is 105 Å². The molecule has 2 heterocycles. The number of nitrogen functional groups attached to an aromatic ring is 1. The molecule has 0 unspecified atom stereocenters. The van der Waals surface area contributed by atoms with E-state index in [4.69, 9.17) is 15.2 Å². The van der Waals surface area contributed by atoms with Crippen LogP contribution in [0.1, 0.15) is 35.7 Å². The summed E-state index contributed by atoms with van der Waals surface area (Å²) in [5.41, 5.74) is 8.50. The van der Waals surface area contributed by atoms with Crippen LogP contribution in [-0.4, -0.2) is 39.2 Å². The first-order valence-electron chi connectivity index (χ1n) is 8.40. The van der Waals surface area contributed by atoms with E-state index in [1.54, 1.807) is 18.5 Å². The zero-order valence-electron chi connectivity index (χ0n) is 14.8. The van der Waals surface area contributed by atoms with E-state index < -0.39 is 0 Å². The third-order valence-electron chi connectivity index (χ3n) is 3.90. The predicted molar refractivity (Wildman–Crippen MR) is 97.0 cm³/mol. The van der Waals surface area contributed by atoms with Crippen LogP contribution in [0.5, 0.6) is 6.01 Å². The second kappa shape index (κ2) is 7.81. The van der Waals surface area contributed by atoms with E-state index in [2.05, 4.69) is 21.9 Å². The lowest BCUT2D eigenvalue weighted by atomic mass is 10.1. The SMILES string of the molecule is CCCCOc1nc(N)c2ncn(Cc3cccc(C(=O)OC)c3)c2n1. The van der Waals surface area contributed by atoms with Crippen molar-refractivity contribution in [3.05, 3.63) is 41.7 Å². The Morgan fingerprint density at radius 1 is 1.31 bits per heavy atom. The highest BCUT2D eigenvalue weighted by molar-refractivity contribution is 5.89. The van der Waals surface area contributed by atoms with E-state index in [-0.39, 0.29) is 17.8 Å². The summed E-state index contributed by atoms with van der Waals surface area (Å²) in [5.74, 6) is -0.0934. The van der Waals surface area contributed by atoms with Crippen LogP contribution in [0.15, 0.2) is 30.6 Å². The average molecular weight is 355 g/mol. The van der Waals surface area contributed by atoms with Gasteiger partial charge in [0.1, 0.15) is 0 Å². The Hall–Kier alpha value is -3.16. The van der Waals surface area contributed by atoms with Crippen molar-refractivity contribution in [3.63, 3.8) is 0 Å². The van der Waals surface area contributed by atoms with Crippen molar-refractivity contribution in [1.29, 1.82) is 0 Å². The molecule has 3 rings (SSSR count). The number of hydrogen-bond acceptors (Lipinski definition) is 7. The number of unbranched alkanes of at least 4 members (excludes halogenated alkanes) is 1. The van der Waals surface area contributed by atoms with E-state index in [0.29, 0.717) is 29.9 Å². The van der Waals surface area contributed by atoms with Crippen molar-refractivity contribution < 1.29 is 14.3 Å². The van der Waals surface area contributed by atoms with Gasteiger partial charge >= 0.3 is 12.0 Å². The van der Waals surface area contributed by atoms with Gasteiger partial charge in [-0.2, -0.15) is 9.97 Å². The van der Waals surface area contributed by atoms with Crippen LogP contribution >= 0.6 is 0 Å². The molecule has 0 amide bonds. The number of carbonyl (C=O) groups excluding carboxylic acids is 1. The van der Waals surface area contributed by atoms with Gasteiger partial charge in [-0.05, 0) is 24.1 Å². The highest BCUT2D eigenvalue weighted by Crippen LogP contribution is 2.20. The lowest BCUT2D eigenvalue weighted by Gasteiger charge is -2.08. The number of esters is 1. The Kier molecular flexibility index (Phi) is 5.31. The van der Waals surface area contributed by atoms with Crippen LogP contribution in [0.2, 0.25) is 0 Å². The molecular weight excluding hydrogens is 334 g/mol. The third kappa shape index (κ3) is 3.74. The minimum absolute atomic E-state index is 0.244. The van der Waals surface area contributed by atoms with E-state index in [1.165, 1.54) is 7.11 Å². The lowest BCUT2D eigenvalue weighted by Crippen LogP contribution is -2.06. The van der Waals surface area contributed by atoms with Crippen LogP contribution in [0.25, 0.3) is 11.2 Å². The number of ether oxygens (including phenoxy) is 2. The maximum Gasteiger partial charge on any atom is 0.337 e. The van der Waals surface area contributed by atoms with Crippen LogP contribution in [-0.2, 0) is 11.3 Å². The zero-order chi connectivity index (χ0) is 18.5. The number of anilines is 1. The Morgan fingerprint density at radius 2 is 2.15 bits per heavy atom. The molecule has 1 aromatic carbocycles. The van der Waals surface area contributed by atoms with Gasteiger partial charge in [-0.1, -0.05) is 25.5 Å². The van der Waals surface area contributed by atoms with Crippen LogP contribution in [0.3, 0.4) is 0 Å². The number of methoxy groups -OCH3 is 1. The number of nitrogens with zero attached hydrogens (tertiary/aromatic N) is 4. The number of carbonyl (C=O) groups is 1. The van der Waals surface area contributed by atoms with Crippen molar-refractivity contribution >= 4 is 23.0 Å². The van der Waals surface area contributed by atoms with Crippen LogP contribution < -0.4 is 10.5 Å². The molecule has 0 spiro atoms. The van der Waals surface area contributed by atoms with E-state index in [1.807, 2.05) is 16.7 Å². The monoisotopic (exact) mass is 355 g/mol. The number of nitrogens with two attached hydrogens (primary N) is 1. The van der Waals surface area contributed by atoms with Crippen LogP contribution in [0, 0.1) is 0 Å². The number of benzene rings is 1. The quantitative estimate of drug-likeness (QED) is 0.512. The summed E-state index contributed by atoms with van der Waals surface area (Å²) in [7, 11) is 1.36. The average Bonchev–Trinajstić information content (AvgIpc) is 3.05. The smallest absolute Gasteiger partial charge is 0.337 e. The Morgan fingerprint density at radius 3 is 2.92 bits per heavy atom. The number of hydrogen-bond donors (Lipinski definition) is 1. The summed E-state index contributed by atoms with van der Waals surface area (Å²) in [6.07, 6.45) is 3.59. The summed E-state index contributed by atoms with van der Waals surface area (Å²) < 4.78 is 12.2. The molecule has 26 heavy (non-hydrogen) atoms. The highest BCUT2D eigenvalue weighted by atomic mass is 16.5. The molecule has 0 aliphatic rings. The van der Waals surface area contributed by atoms with E-state index in [9.17, 15) is 4.79 Å². The van der Waals surface area contributed by atoms with Gasteiger partial charge in [0.15, 0.2) is 17.0 Å². The predicted octanol–water partition coefficient (Wildman–Crippen LogP) is 2.42. The summed E-state index contributed by atoms with van der Waals surface area (Å²) in [5, 5.41) is 0. The van der Waals surface area contributed by atoms with Gasteiger partial charge in [0.05, 0.1) is 32.2 Å². The molecule has 2 aromatic heterocycles. The Balaban J connectivity index is 1.89. The number of aromatic nitrogens is 4. The molecule has 3 aromatic rings. The molecule has 0 aliphatic heterocycles. The minimum Gasteiger partial charge on any atom is -0.465 e. The van der Waals surface area contributed by atoms with Gasteiger partial charge < -0.3 is 19.8 Å². The molecule has 0 aliphatic carbocycles. The maximum atomic E-state index is 11.7. The molecule has 0 atom stereocenters. The van der Waals surface area contributed by atoms with Crippen molar-refractivity contribution in [2.75, 3.05) is 19.5 Å². The molecule has 2 N–H and O–H groups in total. The maximum absolute atomic E-state index is 11.7. The molecule has 0 saturated heterocycles. The van der Waals surface area contributed by atoms with E-state index in [0.717, 1.165) is 18.4 Å². The number of rotatable bonds is 7. The van der Waals surface area contributed by atoms with Gasteiger partial charge in [-0.15, -0.1) is 0 Å². The molecule has 8 heteroatoms. The first kappa shape index (κ1) is 17.7. The van der Waals surface area contributed by atoms with Crippen LogP contribution in [0.4, 0.5) is 5.82 Å². The van der Waals surface area contributed by atoms with Gasteiger partial charge in [-0.25, -0.2) is 9.78 Å². The lowest BCUT2D eigenvalue weighted by molar-refractivity contribution is 0.0600. The van der Waals surface area contributed by atoms with Crippen molar-refractivity contribution in [2.45, 2.75) is 26.3 Å². The fourth-order valence-corrected chi connectivity index (χ4v) is 2.54. The fourth-order valence-electron chi connectivity index (χ4n) is 2.54. The molecule has 136 valence electrons. The Labute approximate surface area is 151 Å². The molecule has 0 fully saturated rings.